The van der Waals surface area contributed by atoms with Gasteiger partial charge in [-0.3, -0.25) is 0 Å². The Balaban J connectivity index is 1.25. The van der Waals surface area contributed by atoms with Crippen molar-refractivity contribution < 1.29 is 9.53 Å². The van der Waals surface area contributed by atoms with Crippen LogP contribution in [0.15, 0.2) is 79.1 Å². The Kier molecular flexibility index (Phi) is 5.61. The summed E-state index contributed by atoms with van der Waals surface area (Å²) in [7, 11) is 0. The highest BCUT2D eigenvalue weighted by Crippen LogP contribution is 2.22. The molecule has 5 heteroatoms. The van der Waals surface area contributed by atoms with Crippen molar-refractivity contribution in [1.29, 1.82) is 0 Å². The molecule has 2 heterocycles. The standard InChI is InChI=1S/C23H25N3O2/c27-23-24-22(20-7-2-1-3-8-20)18-26(23)17-19-9-11-21(12-10-19)28-16-6-15-25-13-4-5-14-25/h1-5,7-14,22H,6,15-18H2,(H,24,27)/t22-/m1/s1. The van der Waals surface area contributed by atoms with Crippen LogP contribution in [-0.4, -0.2) is 28.6 Å². The molecule has 4 rings (SSSR count). The summed E-state index contributed by atoms with van der Waals surface area (Å²) in [6.07, 6.45) is 5.09. The van der Waals surface area contributed by atoms with E-state index in [9.17, 15) is 4.79 Å². The fourth-order valence-electron chi connectivity index (χ4n) is 3.47. The number of carbonyl (C=O) groups is 1. The predicted molar refractivity (Wildman–Crippen MR) is 109 cm³/mol. The first-order valence-electron chi connectivity index (χ1n) is 9.71. The first-order valence-corrected chi connectivity index (χ1v) is 9.71. The molecule has 1 N–H and O–H groups in total. The number of urea groups is 1. The molecule has 0 radical (unpaired) electrons. The number of aryl methyl sites for hydroxylation is 1. The lowest BCUT2D eigenvalue weighted by atomic mass is 10.1. The maximum Gasteiger partial charge on any atom is 0.318 e. The van der Waals surface area contributed by atoms with Crippen molar-refractivity contribution in [3.63, 3.8) is 0 Å². The van der Waals surface area contributed by atoms with Gasteiger partial charge < -0.3 is 19.5 Å². The number of amides is 2. The van der Waals surface area contributed by atoms with Crippen molar-refractivity contribution in [1.82, 2.24) is 14.8 Å². The molecule has 1 aliphatic rings. The summed E-state index contributed by atoms with van der Waals surface area (Å²) < 4.78 is 7.97. The highest BCUT2D eigenvalue weighted by molar-refractivity contribution is 5.77. The minimum atomic E-state index is -0.0146. The van der Waals surface area contributed by atoms with Gasteiger partial charge in [0.25, 0.3) is 0 Å². The van der Waals surface area contributed by atoms with E-state index in [0.717, 1.165) is 29.8 Å². The van der Waals surface area contributed by atoms with Crippen LogP contribution in [0.1, 0.15) is 23.6 Å². The number of carbonyl (C=O) groups excluding carboxylic acids is 1. The third-order valence-corrected chi connectivity index (χ3v) is 4.98. The van der Waals surface area contributed by atoms with Gasteiger partial charge in [0.05, 0.1) is 12.6 Å². The molecule has 28 heavy (non-hydrogen) atoms. The number of benzene rings is 2. The summed E-state index contributed by atoms with van der Waals surface area (Å²) >= 11 is 0. The van der Waals surface area contributed by atoms with Crippen LogP contribution in [0.5, 0.6) is 5.75 Å². The first kappa shape index (κ1) is 18.2. The van der Waals surface area contributed by atoms with Gasteiger partial charge in [0.1, 0.15) is 5.75 Å². The lowest BCUT2D eigenvalue weighted by Crippen LogP contribution is -2.27. The second-order valence-corrected chi connectivity index (χ2v) is 7.06. The summed E-state index contributed by atoms with van der Waals surface area (Å²) in [5.41, 5.74) is 2.24. The van der Waals surface area contributed by atoms with Gasteiger partial charge in [-0.1, -0.05) is 42.5 Å². The van der Waals surface area contributed by atoms with E-state index in [1.807, 2.05) is 59.5 Å². The summed E-state index contributed by atoms with van der Waals surface area (Å²) in [5.74, 6) is 0.865. The van der Waals surface area contributed by atoms with Crippen LogP contribution < -0.4 is 10.1 Å². The van der Waals surface area contributed by atoms with Gasteiger partial charge in [-0.25, -0.2) is 4.79 Å². The zero-order valence-corrected chi connectivity index (χ0v) is 15.8. The van der Waals surface area contributed by atoms with E-state index in [1.165, 1.54) is 0 Å². The highest BCUT2D eigenvalue weighted by atomic mass is 16.5. The van der Waals surface area contributed by atoms with Crippen LogP contribution in [0.3, 0.4) is 0 Å². The molecule has 5 nitrogen and oxygen atoms in total. The van der Waals surface area contributed by atoms with Crippen LogP contribution in [0, 0.1) is 0 Å². The number of hydrogen-bond donors (Lipinski definition) is 1. The number of hydrogen-bond acceptors (Lipinski definition) is 2. The Bertz CT molecular complexity index is 876. The summed E-state index contributed by atoms with van der Waals surface area (Å²) in [6.45, 7) is 2.92. The molecule has 0 saturated carbocycles. The fraction of sp³-hybridized carbons (Fsp3) is 0.261. The Morgan fingerprint density at radius 2 is 1.71 bits per heavy atom. The van der Waals surface area contributed by atoms with Crippen LogP contribution in [0.25, 0.3) is 0 Å². The van der Waals surface area contributed by atoms with E-state index in [4.69, 9.17) is 4.74 Å². The molecular formula is C23H25N3O2. The molecule has 1 aliphatic heterocycles. The smallest absolute Gasteiger partial charge is 0.318 e. The minimum Gasteiger partial charge on any atom is -0.494 e. The van der Waals surface area contributed by atoms with E-state index in [-0.39, 0.29) is 12.1 Å². The number of nitrogens with one attached hydrogen (secondary N) is 1. The quantitative estimate of drug-likeness (QED) is 0.599. The number of aromatic nitrogens is 1. The average Bonchev–Trinajstić information content (AvgIpc) is 3.37. The van der Waals surface area contributed by atoms with Crippen molar-refractivity contribution in [2.45, 2.75) is 25.6 Å². The Morgan fingerprint density at radius 1 is 0.964 bits per heavy atom. The van der Waals surface area contributed by atoms with E-state index < -0.39 is 0 Å². The van der Waals surface area contributed by atoms with Gasteiger partial charge in [0.15, 0.2) is 0 Å². The van der Waals surface area contributed by atoms with Crippen LogP contribution in [-0.2, 0) is 13.1 Å². The van der Waals surface area contributed by atoms with Gasteiger partial charge in [0, 0.05) is 32.0 Å². The monoisotopic (exact) mass is 375 g/mol. The lowest BCUT2D eigenvalue weighted by Gasteiger charge is -2.15. The molecule has 2 aromatic carbocycles. The molecular weight excluding hydrogens is 350 g/mol. The number of rotatable bonds is 8. The molecule has 2 amide bonds. The largest absolute Gasteiger partial charge is 0.494 e. The average molecular weight is 375 g/mol. The topological polar surface area (TPSA) is 46.5 Å². The molecule has 0 spiro atoms. The molecule has 1 atom stereocenters. The molecule has 1 fully saturated rings. The van der Waals surface area contributed by atoms with Crippen molar-refractivity contribution in [2.24, 2.45) is 0 Å². The molecule has 144 valence electrons. The van der Waals surface area contributed by atoms with E-state index >= 15 is 0 Å². The summed E-state index contributed by atoms with van der Waals surface area (Å²) in [5, 5.41) is 3.06. The molecule has 0 unspecified atom stereocenters. The molecule has 3 aromatic rings. The van der Waals surface area contributed by atoms with E-state index in [0.29, 0.717) is 19.7 Å². The fourth-order valence-corrected chi connectivity index (χ4v) is 3.47. The van der Waals surface area contributed by atoms with Gasteiger partial charge in [0.2, 0.25) is 0 Å². The number of nitrogens with zero attached hydrogens (tertiary/aromatic N) is 2. The van der Waals surface area contributed by atoms with Gasteiger partial charge in [-0.15, -0.1) is 0 Å². The van der Waals surface area contributed by atoms with Gasteiger partial charge >= 0.3 is 6.03 Å². The van der Waals surface area contributed by atoms with Crippen molar-refractivity contribution in [3.8, 4) is 5.75 Å². The maximum absolute atomic E-state index is 12.3. The van der Waals surface area contributed by atoms with Crippen LogP contribution in [0.4, 0.5) is 4.79 Å². The Hall–Kier alpha value is -3.21. The lowest BCUT2D eigenvalue weighted by molar-refractivity contribution is 0.215. The van der Waals surface area contributed by atoms with Gasteiger partial charge in [-0.2, -0.15) is 0 Å². The molecule has 1 aromatic heterocycles. The zero-order valence-electron chi connectivity index (χ0n) is 15.8. The Morgan fingerprint density at radius 3 is 2.46 bits per heavy atom. The summed E-state index contributed by atoms with van der Waals surface area (Å²) in [6, 6.07) is 22.2. The van der Waals surface area contributed by atoms with Crippen molar-refractivity contribution in [3.05, 3.63) is 90.3 Å². The predicted octanol–water partition coefficient (Wildman–Crippen LogP) is 4.22. The molecule has 0 bridgehead atoms. The van der Waals surface area contributed by atoms with Gasteiger partial charge in [-0.05, 0) is 41.8 Å². The second-order valence-electron chi connectivity index (χ2n) is 7.06. The third kappa shape index (κ3) is 4.55. The minimum absolute atomic E-state index is 0.0146. The molecule has 1 saturated heterocycles. The van der Waals surface area contributed by atoms with Crippen LogP contribution >= 0.6 is 0 Å². The second kappa shape index (κ2) is 8.65. The number of ether oxygens (including phenoxy) is 1. The van der Waals surface area contributed by atoms with Crippen LogP contribution in [0.2, 0.25) is 0 Å². The zero-order chi connectivity index (χ0) is 19.2. The van der Waals surface area contributed by atoms with E-state index in [1.54, 1.807) is 0 Å². The van der Waals surface area contributed by atoms with Crippen molar-refractivity contribution in [2.75, 3.05) is 13.2 Å². The third-order valence-electron chi connectivity index (χ3n) is 4.98. The Labute approximate surface area is 165 Å². The SMILES string of the molecule is O=C1N[C@@H](c2ccccc2)CN1Cc1ccc(OCCCn2cccc2)cc1. The highest BCUT2D eigenvalue weighted by Gasteiger charge is 2.29. The first-order chi connectivity index (χ1) is 13.8. The van der Waals surface area contributed by atoms with E-state index in [2.05, 4.69) is 34.4 Å². The summed E-state index contributed by atoms with van der Waals surface area (Å²) in [4.78, 5) is 14.1. The maximum atomic E-state index is 12.3. The molecule has 0 aliphatic carbocycles. The van der Waals surface area contributed by atoms with Crippen molar-refractivity contribution >= 4 is 6.03 Å². The normalized spacial score (nSPS) is 16.2.